The number of carbonyl (C=O) groups excluding carboxylic acids is 2. The molecule has 1 fully saturated rings. The number of carbonyl (C=O) groups is 2. The highest BCUT2D eigenvalue weighted by molar-refractivity contribution is 5.89. The molecule has 2 heterocycles. The van der Waals surface area contributed by atoms with Gasteiger partial charge in [-0.2, -0.15) is 0 Å². The van der Waals surface area contributed by atoms with Gasteiger partial charge in [0.05, 0.1) is 19.1 Å². The monoisotopic (exact) mass is 407 g/mol. The summed E-state index contributed by atoms with van der Waals surface area (Å²) in [7, 11) is 0. The molecule has 1 N–H and O–H groups in total. The second-order valence-corrected chi connectivity index (χ2v) is 7.89. The lowest BCUT2D eigenvalue weighted by Crippen LogP contribution is -2.56. The topological polar surface area (TPSA) is 61.9 Å². The second kappa shape index (κ2) is 9.30. The van der Waals surface area contributed by atoms with Crippen LogP contribution in [-0.2, 0) is 29.1 Å². The lowest BCUT2D eigenvalue weighted by molar-refractivity contribution is -0.139. The molecule has 30 heavy (non-hydrogen) atoms. The number of benzene rings is 2. The molecule has 0 spiro atoms. The Balaban J connectivity index is 1.41. The summed E-state index contributed by atoms with van der Waals surface area (Å²) in [6.07, 6.45) is 1.08. The van der Waals surface area contributed by atoms with Crippen LogP contribution in [0, 0.1) is 0 Å². The van der Waals surface area contributed by atoms with Crippen molar-refractivity contribution in [1.29, 1.82) is 0 Å². The van der Waals surface area contributed by atoms with Crippen molar-refractivity contribution in [3.05, 3.63) is 65.2 Å². The number of nitrogens with zero attached hydrogens (tertiary/aromatic N) is 2. The van der Waals surface area contributed by atoms with E-state index in [0.717, 1.165) is 24.3 Å². The maximum absolute atomic E-state index is 13.0. The predicted molar refractivity (Wildman–Crippen MR) is 115 cm³/mol. The third-order valence-corrected chi connectivity index (χ3v) is 5.91. The number of piperazine rings is 1. The van der Waals surface area contributed by atoms with Crippen LogP contribution in [0.4, 0.5) is 0 Å². The summed E-state index contributed by atoms with van der Waals surface area (Å²) in [5.74, 6) is 0.830. The first-order valence-electron chi connectivity index (χ1n) is 10.7. The number of amides is 2. The van der Waals surface area contributed by atoms with Crippen molar-refractivity contribution in [2.45, 2.75) is 38.9 Å². The molecule has 158 valence electrons. The van der Waals surface area contributed by atoms with E-state index in [2.05, 4.69) is 22.3 Å². The Morgan fingerprint density at radius 2 is 1.87 bits per heavy atom. The molecule has 6 heteroatoms. The van der Waals surface area contributed by atoms with Crippen molar-refractivity contribution in [2.75, 3.05) is 26.2 Å². The van der Waals surface area contributed by atoms with E-state index in [1.165, 1.54) is 11.1 Å². The van der Waals surface area contributed by atoms with Gasteiger partial charge in [-0.15, -0.1) is 0 Å². The fourth-order valence-electron chi connectivity index (χ4n) is 4.27. The molecule has 1 saturated heterocycles. The van der Waals surface area contributed by atoms with E-state index in [0.29, 0.717) is 32.8 Å². The SMILES string of the molecule is CCOc1ccc(CN2CCNC(=O)C2CC(=O)N2CCc3ccccc3C2)cc1. The second-order valence-electron chi connectivity index (χ2n) is 7.89. The van der Waals surface area contributed by atoms with Crippen LogP contribution in [0.5, 0.6) is 5.75 Å². The molecule has 0 bridgehead atoms. The summed E-state index contributed by atoms with van der Waals surface area (Å²) >= 11 is 0. The number of hydrogen-bond donors (Lipinski definition) is 1. The molecule has 2 aliphatic heterocycles. The molecule has 0 aliphatic carbocycles. The Morgan fingerprint density at radius 1 is 1.10 bits per heavy atom. The van der Waals surface area contributed by atoms with Gasteiger partial charge in [-0.1, -0.05) is 36.4 Å². The van der Waals surface area contributed by atoms with E-state index in [9.17, 15) is 9.59 Å². The van der Waals surface area contributed by atoms with Crippen molar-refractivity contribution >= 4 is 11.8 Å². The number of fused-ring (bicyclic) bond motifs is 1. The Kier molecular flexibility index (Phi) is 6.33. The third kappa shape index (κ3) is 4.65. The van der Waals surface area contributed by atoms with Crippen LogP contribution in [-0.4, -0.2) is 53.9 Å². The van der Waals surface area contributed by atoms with Crippen molar-refractivity contribution in [1.82, 2.24) is 15.1 Å². The van der Waals surface area contributed by atoms with Crippen molar-refractivity contribution in [3.63, 3.8) is 0 Å². The minimum atomic E-state index is -0.435. The van der Waals surface area contributed by atoms with Gasteiger partial charge >= 0.3 is 0 Å². The van der Waals surface area contributed by atoms with Crippen molar-refractivity contribution in [3.8, 4) is 5.75 Å². The third-order valence-electron chi connectivity index (χ3n) is 5.91. The highest BCUT2D eigenvalue weighted by atomic mass is 16.5. The summed E-state index contributed by atoms with van der Waals surface area (Å²) in [4.78, 5) is 29.6. The molecule has 0 saturated carbocycles. The normalized spacial score (nSPS) is 19.2. The van der Waals surface area contributed by atoms with E-state index in [4.69, 9.17) is 4.74 Å². The number of nitrogens with one attached hydrogen (secondary N) is 1. The van der Waals surface area contributed by atoms with Gasteiger partial charge < -0.3 is 15.0 Å². The summed E-state index contributed by atoms with van der Waals surface area (Å²) < 4.78 is 5.51. The lowest BCUT2D eigenvalue weighted by Gasteiger charge is -2.36. The van der Waals surface area contributed by atoms with Gasteiger partial charge in [0.2, 0.25) is 11.8 Å². The molecule has 2 aromatic carbocycles. The van der Waals surface area contributed by atoms with Crippen LogP contribution in [0.3, 0.4) is 0 Å². The summed E-state index contributed by atoms with van der Waals surface area (Å²) in [6, 6.07) is 15.8. The average Bonchev–Trinajstić information content (AvgIpc) is 2.77. The first-order valence-corrected chi connectivity index (χ1v) is 10.7. The Bertz CT molecular complexity index is 897. The standard InChI is InChI=1S/C24H29N3O3/c1-2-30-21-9-7-18(8-10-21)16-26-14-12-25-24(29)22(26)15-23(28)27-13-11-19-5-3-4-6-20(19)17-27/h3-10,22H,2,11-17H2,1H3,(H,25,29). The van der Waals surface area contributed by atoms with Crippen molar-refractivity contribution < 1.29 is 14.3 Å². The molecular formula is C24H29N3O3. The number of rotatable bonds is 6. The first-order chi connectivity index (χ1) is 14.6. The average molecular weight is 408 g/mol. The van der Waals surface area contributed by atoms with Crippen LogP contribution in [0.15, 0.2) is 48.5 Å². The van der Waals surface area contributed by atoms with Crippen LogP contribution in [0.2, 0.25) is 0 Å². The van der Waals surface area contributed by atoms with E-state index in [1.807, 2.05) is 48.2 Å². The molecule has 0 radical (unpaired) electrons. The largest absolute Gasteiger partial charge is 0.494 e. The number of ether oxygens (including phenoxy) is 1. The molecule has 1 atom stereocenters. The number of hydrogen-bond acceptors (Lipinski definition) is 4. The molecule has 6 nitrogen and oxygen atoms in total. The first kappa shape index (κ1) is 20.4. The van der Waals surface area contributed by atoms with Gasteiger partial charge in [-0.3, -0.25) is 14.5 Å². The highest BCUT2D eigenvalue weighted by Gasteiger charge is 2.33. The summed E-state index contributed by atoms with van der Waals surface area (Å²) in [5.41, 5.74) is 3.63. The molecule has 0 aromatic heterocycles. The molecule has 1 unspecified atom stereocenters. The smallest absolute Gasteiger partial charge is 0.237 e. The zero-order valence-corrected chi connectivity index (χ0v) is 17.5. The minimum absolute atomic E-state index is 0.0447. The van der Waals surface area contributed by atoms with Gasteiger partial charge in [-0.05, 0) is 42.2 Å². The lowest BCUT2D eigenvalue weighted by atomic mass is 9.99. The van der Waals surface area contributed by atoms with Gasteiger partial charge in [0, 0.05) is 32.7 Å². The van der Waals surface area contributed by atoms with E-state index in [-0.39, 0.29) is 18.2 Å². The molecule has 2 aliphatic rings. The Hall–Kier alpha value is -2.86. The van der Waals surface area contributed by atoms with E-state index >= 15 is 0 Å². The van der Waals surface area contributed by atoms with Crippen LogP contribution < -0.4 is 10.1 Å². The fourth-order valence-corrected chi connectivity index (χ4v) is 4.27. The molecule has 2 aromatic rings. The summed E-state index contributed by atoms with van der Waals surface area (Å²) in [6.45, 7) is 5.92. The van der Waals surface area contributed by atoms with Crippen LogP contribution in [0.25, 0.3) is 0 Å². The maximum atomic E-state index is 13.0. The fraction of sp³-hybridized carbons (Fsp3) is 0.417. The Labute approximate surface area is 177 Å². The van der Waals surface area contributed by atoms with Crippen LogP contribution in [0.1, 0.15) is 30.0 Å². The van der Waals surface area contributed by atoms with Gasteiger partial charge in [0.25, 0.3) is 0 Å². The van der Waals surface area contributed by atoms with Gasteiger partial charge in [-0.25, -0.2) is 0 Å². The quantitative estimate of drug-likeness (QED) is 0.799. The highest BCUT2D eigenvalue weighted by Crippen LogP contribution is 2.22. The predicted octanol–water partition coefficient (Wildman–Crippen LogP) is 2.36. The maximum Gasteiger partial charge on any atom is 0.237 e. The minimum Gasteiger partial charge on any atom is -0.494 e. The Morgan fingerprint density at radius 3 is 2.63 bits per heavy atom. The molecule has 4 rings (SSSR count). The van der Waals surface area contributed by atoms with Gasteiger partial charge in [0.15, 0.2) is 0 Å². The van der Waals surface area contributed by atoms with Crippen molar-refractivity contribution in [2.24, 2.45) is 0 Å². The molecular weight excluding hydrogens is 378 g/mol. The summed E-state index contributed by atoms with van der Waals surface area (Å²) in [5, 5.41) is 2.93. The van der Waals surface area contributed by atoms with E-state index < -0.39 is 6.04 Å². The van der Waals surface area contributed by atoms with Gasteiger partial charge in [0.1, 0.15) is 5.75 Å². The zero-order chi connectivity index (χ0) is 20.9. The van der Waals surface area contributed by atoms with E-state index in [1.54, 1.807) is 0 Å². The zero-order valence-electron chi connectivity index (χ0n) is 17.5. The van der Waals surface area contributed by atoms with Crippen LogP contribution >= 0.6 is 0 Å². The molecule has 2 amide bonds.